The van der Waals surface area contributed by atoms with Crippen molar-refractivity contribution in [1.29, 1.82) is 0 Å². The van der Waals surface area contributed by atoms with Gasteiger partial charge in [0.25, 0.3) is 0 Å². The second-order valence-corrected chi connectivity index (χ2v) is 6.27. The first-order chi connectivity index (χ1) is 11.3. The quantitative estimate of drug-likeness (QED) is 0.906. The van der Waals surface area contributed by atoms with Crippen LogP contribution in [0.2, 0.25) is 0 Å². The van der Waals surface area contributed by atoms with Crippen LogP contribution in [-0.2, 0) is 4.74 Å². The summed E-state index contributed by atoms with van der Waals surface area (Å²) in [4.78, 5) is 21.2. The molecule has 1 atom stereocenters. The van der Waals surface area contributed by atoms with E-state index in [4.69, 9.17) is 4.74 Å². The topological polar surface area (TPSA) is 57.7 Å². The maximum Gasteiger partial charge on any atom is 0.321 e. The number of hydrogen-bond donors (Lipinski definition) is 1. The van der Waals surface area contributed by atoms with E-state index < -0.39 is 0 Å². The fraction of sp³-hybridized carbons (Fsp3) is 0.647. The lowest BCUT2D eigenvalue weighted by Gasteiger charge is -2.26. The molecule has 0 aliphatic carbocycles. The van der Waals surface area contributed by atoms with Crippen LogP contribution in [0.1, 0.15) is 26.2 Å². The van der Waals surface area contributed by atoms with Gasteiger partial charge in [-0.05, 0) is 38.3 Å². The summed E-state index contributed by atoms with van der Waals surface area (Å²) in [6.45, 7) is 7.05. The van der Waals surface area contributed by atoms with Gasteiger partial charge < -0.3 is 19.9 Å². The van der Waals surface area contributed by atoms with E-state index in [0.29, 0.717) is 12.5 Å². The van der Waals surface area contributed by atoms with Gasteiger partial charge >= 0.3 is 6.03 Å². The number of urea groups is 1. The molecule has 3 heterocycles. The average Bonchev–Trinajstić information content (AvgIpc) is 3.26. The van der Waals surface area contributed by atoms with Crippen LogP contribution in [0.25, 0.3) is 0 Å². The molecule has 0 unspecified atom stereocenters. The molecule has 2 aliphatic heterocycles. The van der Waals surface area contributed by atoms with Crippen molar-refractivity contribution >= 4 is 17.5 Å². The van der Waals surface area contributed by atoms with Gasteiger partial charge in [-0.25, -0.2) is 9.78 Å². The predicted octanol–water partition coefficient (Wildman–Crippen LogP) is 2.57. The third-order valence-corrected chi connectivity index (χ3v) is 4.61. The number of hydrogen-bond acceptors (Lipinski definition) is 4. The number of ether oxygens (including phenoxy) is 1. The largest absolute Gasteiger partial charge is 0.381 e. The molecule has 2 saturated heterocycles. The standard InChI is InChI=1S/C17H26N4O2/c1-2-20(12-14-7-11-23-13-14)17(22)19-15-6-5-8-18-16(15)21-9-3-4-10-21/h5-6,8,14H,2-4,7,9-13H2,1H3,(H,19,22)/t14-/m0/s1. The predicted molar refractivity (Wildman–Crippen MR) is 90.9 cm³/mol. The second kappa shape index (κ2) is 7.64. The summed E-state index contributed by atoms with van der Waals surface area (Å²) < 4.78 is 5.41. The Balaban J connectivity index is 1.66. The Morgan fingerprint density at radius 2 is 2.30 bits per heavy atom. The number of carbonyl (C=O) groups excluding carboxylic acids is 1. The molecule has 6 heteroatoms. The Labute approximate surface area is 137 Å². The molecule has 23 heavy (non-hydrogen) atoms. The lowest BCUT2D eigenvalue weighted by Crippen LogP contribution is -2.39. The first-order valence-electron chi connectivity index (χ1n) is 8.61. The lowest BCUT2D eigenvalue weighted by molar-refractivity contribution is 0.171. The maximum absolute atomic E-state index is 12.6. The monoisotopic (exact) mass is 318 g/mol. The van der Waals surface area contributed by atoms with E-state index >= 15 is 0 Å². The number of rotatable bonds is 5. The number of carbonyl (C=O) groups is 1. The Hall–Kier alpha value is -1.82. The summed E-state index contributed by atoms with van der Waals surface area (Å²) in [5.74, 6) is 1.34. The highest BCUT2D eigenvalue weighted by molar-refractivity contribution is 5.92. The molecule has 0 spiro atoms. The summed E-state index contributed by atoms with van der Waals surface area (Å²) >= 11 is 0. The fourth-order valence-electron chi connectivity index (χ4n) is 3.26. The number of aromatic nitrogens is 1. The van der Waals surface area contributed by atoms with E-state index in [0.717, 1.165) is 50.8 Å². The highest BCUT2D eigenvalue weighted by atomic mass is 16.5. The van der Waals surface area contributed by atoms with E-state index in [1.54, 1.807) is 6.20 Å². The van der Waals surface area contributed by atoms with Crippen LogP contribution in [0.4, 0.5) is 16.3 Å². The first-order valence-corrected chi connectivity index (χ1v) is 8.61. The molecule has 126 valence electrons. The van der Waals surface area contributed by atoms with Crippen LogP contribution in [0, 0.1) is 5.92 Å². The van der Waals surface area contributed by atoms with Crippen LogP contribution in [0.15, 0.2) is 18.3 Å². The van der Waals surface area contributed by atoms with Crippen LogP contribution < -0.4 is 10.2 Å². The molecule has 3 rings (SSSR count). The molecule has 0 bridgehead atoms. The number of nitrogens with zero attached hydrogens (tertiary/aromatic N) is 3. The smallest absolute Gasteiger partial charge is 0.321 e. The van der Waals surface area contributed by atoms with Crippen molar-refractivity contribution in [2.45, 2.75) is 26.2 Å². The fourth-order valence-corrected chi connectivity index (χ4v) is 3.26. The minimum absolute atomic E-state index is 0.0483. The molecule has 2 aliphatic rings. The van der Waals surface area contributed by atoms with Gasteiger partial charge in [-0.3, -0.25) is 0 Å². The second-order valence-electron chi connectivity index (χ2n) is 6.27. The van der Waals surface area contributed by atoms with Gasteiger partial charge in [0, 0.05) is 44.9 Å². The normalized spacial score (nSPS) is 20.7. The highest BCUT2D eigenvalue weighted by Gasteiger charge is 2.23. The highest BCUT2D eigenvalue weighted by Crippen LogP contribution is 2.26. The molecule has 0 saturated carbocycles. The van der Waals surface area contributed by atoms with Gasteiger partial charge in [-0.15, -0.1) is 0 Å². The van der Waals surface area contributed by atoms with Crippen molar-refractivity contribution in [2.75, 3.05) is 49.6 Å². The van der Waals surface area contributed by atoms with E-state index in [1.807, 2.05) is 24.0 Å². The van der Waals surface area contributed by atoms with Gasteiger partial charge in [-0.1, -0.05) is 0 Å². The van der Waals surface area contributed by atoms with Gasteiger partial charge in [0.1, 0.15) is 0 Å². The number of amides is 2. The van der Waals surface area contributed by atoms with Gasteiger partial charge in [0.2, 0.25) is 0 Å². The molecule has 2 fully saturated rings. The third kappa shape index (κ3) is 3.93. The SMILES string of the molecule is CCN(C[C@@H]1CCOC1)C(=O)Nc1cccnc1N1CCCC1. The molecule has 1 aromatic heterocycles. The number of anilines is 2. The van der Waals surface area contributed by atoms with E-state index in [-0.39, 0.29) is 6.03 Å². The summed E-state index contributed by atoms with van der Waals surface area (Å²) in [6, 6.07) is 3.76. The van der Waals surface area contributed by atoms with Crippen molar-refractivity contribution in [2.24, 2.45) is 5.92 Å². The van der Waals surface area contributed by atoms with Crippen molar-refractivity contribution < 1.29 is 9.53 Å². The van der Waals surface area contributed by atoms with E-state index in [2.05, 4.69) is 15.2 Å². The minimum Gasteiger partial charge on any atom is -0.381 e. The summed E-state index contributed by atoms with van der Waals surface area (Å²) in [5, 5.41) is 3.05. The van der Waals surface area contributed by atoms with Gasteiger partial charge in [0.05, 0.1) is 12.3 Å². The Morgan fingerprint density at radius 1 is 1.48 bits per heavy atom. The van der Waals surface area contributed by atoms with Crippen molar-refractivity contribution in [1.82, 2.24) is 9.88 Å². The van der Waals surface area contributed by atoms with E-state index in [1.165, 1.54) is 12.8 Å². The van der Waals surface area contributed by atoms with Crippen LogP contribution in [0.5, 0.6) is 0 Å². The Bertz CT molecular complexity index is 525. The lowest BCUT2D eigenvalue weighted by atomic mass is 10.1. The zero-order valence-electron chi connectivity index (χ0n) is 13.8. The van der Waals surface area contributed by atoms with Crippen LogP contribution in [0.3, 0.4) is 0 Å². The number of pyridine rings is 1. The number of nitrogens with one attached hydrogen (secondary N) is 1. The zero-order valence-corrected chi connectivity index (χ0v) is 13.8. The van der Waals surface area contributed by atoms with Crippen molar-refractivity contribution in [3.05, 3.63) is 18.3 Å². The molecular formula is C17H26N4O2. The maximum atomic E-state index is 12.6. The van der Waals surface area contributed by atoms with Crippen molar-refractivity contribution in [3.63, 3.8) is 0 Å². The molecule has 0 aromatic carbocycles. The molecule has 0 radical (unpaired) electrons. The molecule has 1 aromatic rings. The summed E-state index contributed by atoms with van der Waals surface area (Å²) in [5.41, 5.74) is 0.806. The van der Waals surface area contributed by atoms with Crippen molar-refractivity contribution in [3.8, 4) is 0 Å². The van der Waals surface area contributed by atoms with Crippen LogP contribution in [-0.4, -0.2) is 55.3 Å². The molecule has 1 N–H and O–H groups in total. The van der Waals surface area contributed by atoms with Crippen LogP contribution >= 0.6 is 0 Å². The van der Waals surface area contributed by atoms with Gasteiger partial charge in [-0.2, -0.15) is 0 Å². The van der Waals surface area contributed by atoms with E-state index in [9.17, 15) is 4.79 Å². The molecule has 6 nitrogen and oxygen atoms in total. The Morgan fingerprint density at radius 3 is 3.00 bits per heavy atom. The van der Waals surface area contributed by atoms with Gasteiger partial charge in [0.15, 0.2) is 5.82 Å². The summed E-state index contributed by atoms with van der Waals surface area (Å²) in [6.07, 6.45) is 5.20. The minimum atomic E-state index is -0.0483. The molecule has 2 amide bonds. The third-order valence-electron chi connectivity index (χ3n) is 4.61. The first kappa shape index (κ1) is 16.1. The summed E-state index contributed by atoms with van der Waals surface area (Å²) in [7, 11) is 0. The molecular weight excluding hydrogens is 292 g/mol. The zero-order chi connectivity index (χ0) is 16.1. The average molecular weight is 318 g/mol. The Kier molecular flexibility index (Phi) is 5.33.